The van der Waals surface area contributed by atoms with Crippen LogP contribution in [0.3, 0.4) is 0 Å². The molecule has 98 valence electrons. The van der Waals surface area contributed by atoms with Crippen LogP contribution in [0.1, 0.15) is 32.8 Å². The van der Waals surface area contributed by atoms with Crippen molar-refractivity contribution in [2.24, 2.45) is 12.5 Å². The van der Waals surface area contributed by atoms with E-state index >= 15 is 0 Å². The number of halogens is 1. The van der Waals surface area contributed by atoms with Crippen LogP contribution in [0.2, 0.25) is 0 Å². The van der Waals surface area contributed by atoms with Gasteiger partial charge in [-0.15, -0.1) is 11.6 Å². The highest BCUT2D eigenvalue weighted by Gasteiger charge is 2.23. The third-order valence-corrected chi connectivity index (χ3v) is 3.22. The van der Waals surface area contributed by atoms with Crippen molar-refractivity contribution in [2.45, 2.75) is 39.7 Å². The van der Waals surface area contributed by atoms with E-state index in [1.165, 1.54) is 5.56 Å². The summed E-state index contributed by atoms with van der Waals surface area (Å²) in [5.74, 6) is 0.710. The van der Waals surface area contributed by atoms with Crippen LogP contribution in [-0.4, -0.2) is 28.2 Å². The molecular formula is C13H24ClN3. The highest BCUT2D eigenvalue weighted by Crippen LogP contribution is 2.22. The Morgan fingerprint density at radius 1 is 1.47 bits per heavy atom. The molecule has 0 amide bonds. The number of hydrogen-bond acceptors (Lipinski definition) is 2. The number of alkyl halides is 1. The molecule has 17 heavy (non-hydrogen) atoms. The van der Waals surface area contributed by atoms with E-state index in [9.17, 15) is 0 Å². The molecular weight excluding hydrogens is 234 g/mol. The maximum atomic E-state index is 5.85. The molecule has 0 aliphatic heterocycles. The zero-order valence-electron chi connectivity index (χ0n) is 11.3. The lowest BCUT2D eigenvalue weighted by atomic mass is 9.85. The number of aryl methyl sites for hydroxylation is 1. The second kappa shape index (κ2) is 6.41. The van der Waals surface area contributed by atoms with E-state index in [-0.39, 0.29) is 5.41 Å². The van der Waals surface area contributed by atoms with Crippen LogP contribution < -0.4 is 5.32 Å². The SMILES string of the molecule is Cn1cc(CCNC(CCCl)C(C)(C)C)cn1. The maximum Gasteiger partial charge on any atom is 0.0522 e. The Labute approximate surface area is 110 Å². The van der Waals surface area contributed by atoms with Gasteiger partial charge in [0.25, 0.3) is 0 Å². The van der Waals surface area contributed by atoms with Gasteiger partial charge >= 0.3 is 0 Å². The molecule has 0 radical (unpaired) electrons. The van der Waals surface area contributed by atoms with Gasteiger partial charge in [0.15, 0.2) is 0 Å². The fourth-order valence-electron chi connectivity index (χ4n) is 1.94. The summed E-state index contributed by atoms with van der Waals surface area (Å²) in [6, 6.07) is 0.469. The number of hydrogen-bond donors (Lipinski definition) is 1. The molecule has 1 aromatic rings. The van der Waals surface area contributed by atoms with Crippen LogP contribution in [0.25, 0.3) is 0 Å². The first kappa shape index (κ1) is 14.5. The largest absolute Gasteiger partial charge is 0.313 e. The summed E-state index contributed by atoms with van der Waals surface area (Å²) in [4.78, 5) is 0. The van der Waals surface area contributed by atoms with Gasteiger partial charge in [-0.1, -0.05) is 20.8 Å². The summed E-state index contributed by atoms with van der Waals surface area (Å²) in [5.41, 5.74) is 1.53. The van der Waals surface area contributed by atoms with Crippen LogP contribution in [0, 0.1) is 5.41 Å². The Morgan fingerprint density at radius 3 is 2.65 bits per heavy atom. The summed E-state index contributed by atoms with van der Waals surface area (Å²) in [6.07, 6.45) is 6.02. The van der Waals surface area contributed by atoms with E-state index in [0.29, 0.717) is 11.9 Å². The molecule has 1 aromatic heterocycles. The lowest BCUT2D eigenvalue weighted by molar-refractivity contribution is 0.263. The molecule has 0 spiro atoms. The normalized spacial score (nSPS) is 13.9. The van der Waals surface area contributed by atoms with Crippen molar-refractivity contribution in [2.75, 3.05) is 12.4 Å². The summed E-state index contributed by atoms with van der Waals surface area (Å²) in [6.45, 7) is 7.73. The van der Waals surface area contributed by atoms with E-state index in [0.717, 1.165) is 19.4 Å². The third-order valence-electron chi connectivity index (χ3n) is 3.01. The molecule has 1 rings (SSSR count). The summed E-state index contributed by atoms with van der Waals surface area (Å²) in [7, 11) is 1.95. The van der Waals surface area contributed by atoms with Crippen molar-refractivity contribution in [1.29, 1.82) is 0 Å². The predicted molar refractivity (Wildman–Crippen MR) is 73.5 cm³/mol. The molecule has 0 saturated heterocycles. The smallest absolute Gasteiger partial charge is 0.0522 e. The van der Waals surface area contributed by atoms with Crippen molar-refractivity contribution in [1.82, 2.24) is 15.1 Å². The quantitative estimate of drug-likeness (QED) is 0.794. The average molecular weight is 258 g/mol. The monoisotopic (exact) mass is 257 g/mol. The van der Waals surface area contributed by atoms with Gasteiger partial charge in [-0.25, -0.2) is 0 Å². The molecule has 0 bridgehead atoms. The Morgan fingerprint density at radius 2 is 2.18 bits per heavy atom. The molecule has 0 aliphatic rings. The summed E-state index contributed by atoms with van der Waals surface area (Å²) in [5, 5.41) is 7.76. The number of nitrogens with zero attached hydrogens (tertiary/aromatic N) is 2. The average Bonchev–Trinajstić information content (AvgIpc) is 2.61. The van der Waals surface area contributed by atoms with Crippen molar-refractivity contribution in [3.8, 4) is 0 Å². The third kappa shape index (κ3) is 5.09. The molecule has 1 N–H and O–H groups in total. The van der Waals surface area contributed by atoms with Crippen LogP contribution in [-0.2, 0) is 13.5 Å². The Hall–Kier alpha value is -0.540. The number of aromatic nitrogens is 2. The van der Waals surface area contributed by atoms with Crippen molar-refractivity contribution < 1.29 is 0 Å². The van der Waals surface area contributed by atoms with Gasteiger partial charge in [-0.3, -0.25) is 4.68 Å². The second-order valence-electron chi connectivity index (χ2n) is 5.62. The molecule has 4 heteroatoms. The topological polar surface area (TPSA) is 29.9 Å². The molecule has 0 saturated carbocycles. The summed E-state index contributed by atoms with van der Waals surface area (Å²) < 4.78 is 1.84. The van der Waals surface area contributed by atoms with Crippen LogP contribution in [0.4, 0.5) is 0 Å². The molecule has 1 unspecified atom stereocenters. The fourth-order valence-corrected chi connectivity index (χ4v) is 2.16. The van der Waals surface area contributed by atoms with E-state index < -0.39 is 0 Å². The first-order chi connectivity index (χ1) is 7.93. The zero-order chi connectivity index (χ0) is 12.9. The Bertz CT molecular complexity index is 328. The minimum Gasteiger partial charge on any atom is -0.313 e. The highest BCUT2D eigenvalue weighted by molar-refractivity contribution is 6.17. The molecule has 0 aliphatic carbocycles. The van der Waals surface area contributed by atoms with Gasteiger partial charge in [0.05, 0.1) is 6.20 Å². The lowest BCUT2D eigenvalue weighted by Gasteiger charge is -2.31. The maximum absolute atomic E-state index is 5.85. The van der Waals surface area contributed by atoms with Gasteiger partial charge in [0.2, 0.25) is 0 Å². The zero-order valence-corrected chi connectivity index (χ0v) is 12.1. The Kier molecular flexibility index (Phi) is 5.47. The first-order valence-corrected chi connectivity index (χ1v) is 6.74. The minimum absolute atomic E-state index is 0.254. The van der Waals surface area contributed by atoms with Crippen LogP contribution >= 0.6 is 11.6 Å². The van der Waals surface area contributed by atoms with E-state index in [1.54, 1.807) is 0 Å². The van der Waals surface area contributed by atoms with Gasteiger partial charge in [-0.2, -0.15) is 5.10 Å². The van der Waals surface area contributed by atoms with Gasteiger partial charge in [-0.05, 0) is 30.4 Å². The second-order valence-corrected chi connectivity index (χ2v) is 6.00. The standard InChI is InChI=1S/C13H24ClN3/c1-13(2,3)12(5-7-14)15-8-6-11-9-16-17(4)10-11/h9-10,12,15H,5-8H2,1-4H3. The minimum atomic E-state index is 0.254. The molecule has 3 nitrogen and oxygen atoms in total. The van der Waals surface area contributed by atoms with E-state index in [2.05, 4.69) is 37.4 Å². The molecule has 1 heterocycles. The Balaban J connectivity index is 2.37. The fraction of sp³-hybridized carbons (Fsp3) is 0.769. The van der Waals surface area contributed by atoms with E-state index in [4.69, 9.17) is 11.6 Å². The van der Waals surface area contributed by atoms with Crippen molar-refractivity contribution >= 4 is 11.6 Å². The van der Waals surface area contributed by atoms with Gasteiger partial charge < -0.3 is 5.32 Å². The number of nitrogens with one attached hydrogen (secondary N) is 1. The highest BCUT2D eigenvalue weighted by atomic mass is 35.5. The lowest BCUT2D eigenvalue weighted by Crippen LogP contribution is -2.41. The van der Waals surface area contributed by atoms with Crippen molar-refractivity contribution in [3.05, 3.63) is 18.0 Å². The van der Waals surface area contributed by atoms with Crippen molar-refractivity contribution in [3.63, 3.8) is 0 Å². The van der Waals surface area contributed by atoms with Crippen LogP contribution in [0.5, 0.6) is 0 Å². The molecule has 0 aromatic carbocycles. The number of rotatable bonds is 6. The summed E-state index contributed by atoms with van der Waals surface area (Å²) >= 11 is 5.85. The molecule has 1 atom stereocenters. The van der Waals surface area contributed by atoms with Gasteiger partial charge in [0, 0.05) is 25.2 Å². The van der Waals surface area contributed by atoms with E-state index in [1.807, 2.05) is 17.9 Å². The van der Waals surface area contributed by atoms with Crippen LogP contribution in [0.15, 0.2) is 12.4 Å². The first-order valence-electron chi connectivity index (χ1n) is 6.20. The predicted octanol–water partition coefficient (Wildman–Crippen LogP) is 2.60. The molecule has 0 fully saturated rings. The van der Waals surface area contributed by atoms with Gasteiger partial charge in [0.1, 0.15) is 0 Å².